The van der Waals surface area contributed by atoms with Crippen LogP contribution < -0.4 is 4.90 Å². The van der Waals surface area contributed by atoms with E-state index in [1.807, 2.05) is 6.92 Å². The minimum Gasteiger partial charge on any atom is -0.378 e. The summed E-state index contributed by atoms with van der Waals surface area (Å²) in [6.07, 6.45) is 2.03. The van der Waals surface area contributed by atoms with Gasteiger partial charge in [0.1, 0.15) is 5.82 Å². The highest BCUT2D eigenvalue weighted by molar-refractivity contribution is 5.42. The van der Waals surface area contributed by atoms with Gasteiger partial charge in [0.05, 0.1) is 13.2 Å². The van der Waals surface area contributed by atoms with E-state index in [2.05, 4.69) is 66.8 Å². The van der Waals surface area contributed by atoms with Crippen molar-refractivity contribution in [1.29, 1.82) is 0 Å². The first kappa shape index (κ1) is 19.4. The van der Waals surface area contributed by atoms with Crippen molar-refractivity contribution in [3.05, 3.63) is 52.5 Å². The lowest BCUT2D eigenvalue weighted by molar-refractivity contribution is 0.122. The molecule has 1 saturated heterocycles. The summed E-state index contributed by atoms with van der Waals surface area (Å²) < 4.78 is 5.34. The summed E-state index contributed by atoms with van der Waals surface area (Å²) in [7, 11) is 0. The molecule has 0 aliphatic carbocycles. The van der Waals surface area contributed by atoms with Crippen LogP contribution in [-0.4, -0.2) is 36.3 Å². The SMILES string of the molecule is CCc1cc(C)cc(C)n1.CCc1cc(C)cc(N2CCOCC2)n1. The van der Waals surface area contributed by atoms with Gasteiger partial charge in [0, 0.05) is 30.2 Å². The van der Waals surface area contributed by atoms with Crippen molar-refractivity contribution in [2.45, 2.75) is 47.5 Å². The number of pyridine rings is 2. The van der Waals surface area contributed by atoms with E-state index in [4.69, 9.17) is 4.74 Å². The van der Waals surface area contributed by atoms with Gasteiger partial charge in [-0.1, -0.05) is 13.8 Å². The fraction of sp³-hybridized carbons (Fsp3) is 0.524. The van der Waals surface area contributed by atoms with Crippen LogP contribution in [0, 0.1) is 20.8 Å². The molecule has 0 saturated carbocycles. The summed E-state index contributed by atoms with van der Waals surface area (Å²) in [6.45, 7) is 14.1. The van der Waals surface area contributed by atoms with Crippen LogP contribution in [0.15, 0.2) is 24.3 Å². The van der Waals surface area contributed by atoms with E-state index in [1.54, 1.807) is 0 Å². The molecule has 2 aromatic heterocycles. The molecule has 0 unspecified atom stereocenters. The van der Waals surface area contributed by atoms with Crippen molar-refractivity contribution in [2.24, 2.45) is 0 Å². The second-order valence-electron chi connectivity index (χ2n) is 6.58. The normalized spacial score (nSPS) is 14.0. The smallest absolute Gasteiger partial charge is 0.129 e. The van der Waals surface area contributed by atoms with Gasteiger partial charge in [-0.2, -0.15) is 0 Å². The van der Waals surface area contributed by atoms with E-state index in [0.717, 1.165) is 50.7 Å². The molecule has 0 atom stereocenters. The third-order valence-electron chi connectivity index (χ3n) is 4.22. The Morgan fingerprint density at radius 2 is 1.40 bits per heavy atom. The molecule has 2 aromatic rings. The summed E-state index contributed by atoms with van der Waals surface area (Å²) >= 11 is 0. The van der Waals surface area contributed by atoms with E-state index < -0.39 is 0 Å². The van der Waals surface area contributed by atoms with E-state index in [1.165, 1.54) is 22.5 Å². The summed E-state index contributed by atoms with van der Waals surface area (Å²) in [5.74, 6) is 1.11. The highest BCUT2D eigenvalue weighted by Crippen LogP contribution is 2.16. The first-order chi connectivity index (χ1) is 12.0. The number of hydrogen-bond acceptors (Lipinski definition) is 4. The predicted octanol–water partition coefficient (Wildman–Crippen LogP) is 4.05. The van der Waals surface area contributed by atoms with E-state index >= 15 is 0 Å². The van der Waals surface area contributed by atoms with Crippen molar-refractivity contribution in [2.75, 3.05) is 31.2 Å². The Balaban J connectivity index is 0.000000196. The van der Waals surface area contributed by atoms with Crippen LogP contribution in [-0.2, 0) is 17.6 Å². The standard InChI is InChI=1S/C12H18N2O.C9H13N/c1-3-11-8-10(2)9-12(13-11)14-4-6-15-7-5-14;1-4-9-6-7(2)5-8(3)10-9/h8-9H,3-7H2,1-2H3;5-6H,4H2,1-3H3. The average molecular weight is 341 g/mol. The monoisotopic (exact) mass is 341 g/mol. The van der Waals surface area contributed by atoms with Gasteiger partial charge in [-0.3, -0.25) is 4.98 Å². The van der Waals surface area contributed by atoms with E-state index in [9.17, 15) is 0 Å². The lowest BCUT2D eigenvalue weighted by Crippen LogP contribution is -2.36. The quantitative estimate of drug-likeness (QED) is 0.844. The van der Waals surface area contributed by atoms with Gasteiger partial charge in [0.25, 0.3) is 0 Å². The van der Waals surface area contributed by atoms with Gasteiger partial charge in [0.2, 0.25) is 0 Å². The molecule has 3 rings (SSSR count). The Hall–Kier alpha value is -1.94. The van der Waals surface area contributed by atoms with E-state index in [-0.39, 0.29) is 0 Å². The summed E-state index contributed by atoms with van der Waals surface area (Å²) in [4.78, 5) is 11.3. The minimum atomic E-state index is 0.817. The lowest BCUT2D eigenvalue weighted by atomic mass is 10.2. The molecule has 4 heteroatoms. The maximum Gasteiger partial charge on any atom is 0.129 e. The molecule has 0 N–H and O–H groups in total. The van der Waals surface area contributed by atoms with Gasteiger partial charge in [-0.25, -0.2) is 4.98 Å². The molecule has 1 aliphatic heterocycles. The molecule has 25 heavy (non-hydrogen) atoms. The minimum absolute atomic E-state index is 0.817. The molecule has 0 bridgehead atoms. The van der Waals surface area contributed by atoms with Crippen LogP contribution in [0.1, 0.15) is 42.1 Å². The first-order valence-corrected chi connectivity index (χ1v) is 9.26. The van der Waals surface area contributed by atoms with Crippen molar-refractivity contribution in [3.63, 3.8) is 0 Å². The maximum atomic E-state index is 5.34. The number of anilines is 1. The number of rotatable bonds is 3. The molecular weight excluding hydrogens is 310 g/mol. The topological polar surface area (TPSA) is 38.2 Å². The molecule has 0 amide bonds. The van der Waals surface area contributed by atoms with Gasteiger partial charge in [-0.15, -0.1) is 0 Å². The molecular formula is C21H31N3O. The van der Waals surface area contributed by atoms with Crippen LogP contribution in [0.3, 0.4) is 0 Å². The molecule has 0 spiro atoms. The zero-order chi connectivity index (χ0) is 18.2. The van der Waals surface area contributed by atoms with Gasteiger partial charge >= 0.3 is 0 Å². The Kier molecular flexibility index (Phi) is 7.38. The highest BCUT2D eigenvalue weighted by Gasteiger charge is 2.12. The Labute approximate surface area is 152 Å². The van der Waals surface area contributed by atoms with Crippen LogP contribution in [0.25, 0.3) is 0 Å². The second-order valence-corrected chi connectivity index (χ2v) is 6.58. The van der Waals surface area contributed by atoms with Gasteiger partial charge in [-0.05, 0) is 69.0 Å². The summed E-state index contributed by atoms with van der Waals surface area (Å²) in [5, 5.41) is 0. The van der Waals surface area contributed by atoms with Gasteiger partial charge in [0.15, 0.2) is 0 Å². The maximum absolute atomic E-state index is 5.34. The van der Waals surface area contributed by atoms with Crippen molar-refractivity contribution in [1.82, 2.24) is 9.97 Å². The van der Waals surface area contributed by atoms with Crippen molar-refractivity contribution >= 4 is 5.82 Å². The molecule has 0 radical (unpaired) electrons. The largest absolute Gasteiger partial charge is 0.378 e. The first-order valence-electron chi connectivity index (χ1n) is 9.26. The van der Waals surface area contributed by atoms with E-state index in [0.29, 0.717) is 0 Å². The summed E-state index contributed by atoms with van der Waals surface area (Å²) in [6, 6.07) is 8.54. The Morgan fingerprint density at radius 1 is 0.840 bits per heavy atom. The van der Waals surface area contributed by atoms with Crippen LogP contribution in [0.2, 0.25) is 0 Å². The third-order valence-corrected chi connectivity index (χ3v) is 4.22. The third kappa shape index (κ3) is 6.13. The highest BCUT2D eigenvalue weighted by atomic mass is 16.5. The fourth-order valence-corrected chi connectivity index (χ4v) is 2.96. The molecule has 0 aromatic carbocycles. The number of aromatic nitrogens is 2. The molecule has 136 valence electrons. The van der Waals surface area contributed by atoms with Crippen LogP contribution in [0.4, 0.5) is 5.82 Å². The molecule has 1 fully saturated rings. The van der Waals surface area contributed by atoms with Crippen molar-refractivity contribution in [3.8, 4) is 0 Å². The number of hydrogen-bond donors (Lipinski definition) is 0. The number of nitrogens with zero attached hydrogens (tertiary/aromatic N) is 3. The Bertz CT molecular complexity index is 659. The van der Waals surface area contributed by atoms with Crippen LogP contribution in [0.5, 0.6) is 0 Å². The average Bonchev–Trinajstić information content (AvgIpc) is 2.61. The van der Waals surface area contributed by atoms with Crippen LogP contribution >= 0.6 is 0 Å². The fourth-order valence-electron chi connectivity index (χ4n) is 2.96. The predicted molar refractivity (Wildman–Crippen MR) is 104 cm³/mol. The molecule has 3 heterocycles. The number of morpholine rings is 1. The van der Waals surface area contributed by atoms with Crippen molar-refractivity contribution < 1.29 is 4.74 Å². The van der Waals surface area contributed by atoms with Gasteiger partial charge < -0.3 is 9.64 Å². The number of ether oxygens (including phenoxy) is 1. The second kappa shape index (κ2) is 9.52. The Morgan fingerprint density at radius 3 is 1.96 bits per heavy atom. The molecule has 1 aliphatic rings. The zero-order valence-corrected chi connectivity index (χ0v) is 16.3. The lowest BCUT2D eigenvalue weighted by Gasteiger charge is -2.28. The number of aryl methyl sites for hydroxylation is 5. The molecule has 4 nitrogen and oxygen atoms in total. The zero-order valence-electron chi connectivity index (χ0n) is 16.3. The summed E-state index contributed by atoms with van der Waals surface area (Å²) in [5.41, 5.74) is 6.10.